The molecule has 2 heterocycles. The van der Waals surface area contributed by atoms with Crippen molar-refractivity contribution in [1.29, 1.82) is 0 Å². The number of thiophene rings is 1. The average molecular weight is 268 g/mol. The van der Waals surface area contributed by atoms with E-state index in [0.717, 1.165) is 11.7 Å². The molecule has 17 heavy (non-hydrogen) atoms. The normalized spacial score (nSPS) is 23.7. The molecule has 1 aliphatic heterocycles. The van der Waals surface area contributed by atoms with Gasteiger partial charge in [-0.2, -0.15) is 0 Å². The van der Waals surface area contributed by atoms with E-state index in [1.807, 2.05) is 23.1 Å². The molecule has 0 spiro atoms. The van der Waals surface area contributed by atoms with Gasteiger partial charge in [0.15, 0.2) is 5.17 Å². The van der Waals surface area contributed by atoms with Crippen LogP contribution in [0.2, 0.25) is 0 Å². The maximum atomic E-state index is 4.74. The number of rotatable bonds is 3. The van der Waals surface area contributed by atoms with Crippen LogP contribution in [0.25, 0.3) is 0 Å². The molecule has 0 radical (unpaired) electrons. The Balaban J connectivity index is 1.99. The van der Waals surface area contributed by atoms with Crippen molar-refractivity contribution in [3.05, 3.63) is 22.4 Å². The van der Waals surface area contributed by atoms with Crippen molar-refractivity contribution in [2.24, 2.45) is 4.99 Å². The molecule has 1 aliphatic rings. The topological polar surface area (TPSA) is 24.4 Å². The minimum atomic E-state index is 0.143. The second-order valence-electron chi connectivity index (χ2n) is 5.17. The van der Waals surface area contributed by atoms with E-state index < -0.39 is 0 Å². The summed E-state index contributed by atoms with van der Waals surface area (Å²) < 4.78 is 0. The first kappa shape index (κ1) is 13.0. The van der Waals surface area contributed by atoms with Crippen LogP contribution in [0.5, 0.6) is 0 Å². The van der Waals surface area contributed by atoms with Crippen molar-refractivity contribution in [1.82, 2.24) is 5.32 Å². The molecule has 0 saturated carbocycles. The lowest BCUT2D eigenvalue weighted by Gasteiger charge is -2.25. The summed E-state index contributed by atoms with van der Waals surface area (Å²) in [5, 5.41) is 6.71. The Labute approximate surface area is 112 Å². The number of amidine groups is 1. The molecule has 94 valence electrons. The van der Waals surface area contributed by atoms with Crippen molar-refractivity contribution in [2.75, 3.05) is 12.3 Å². The molecule has 1 atom stereocenters. The van der Waals surface area contributed by atoms with Gasteiger partial charge in [-0.05, 0) is 24.8 Å². The van der Waals surface area contributed by atoms with E-state index in [9.17, 15) is 0 Å². The number of hydrogen-bond donors (Lipinski definition) is 1. The summed E-state index contributed by atoms with van der Waals surface area (Å²) in [6, 6.07) is 4.89. The zero-order chi connectivity index (χ0) is 12.3. The van der Waals surface area contributed by atoms with Crippen molar-refractivity contribution < 1.29 is 0 Å². The molecule has 0 amide bonds. The molecule has 0 aliphatic carbocycles. The molecule has 0 aromatic carbocycles. The van der Waals surface area contributed by atoms with E-state index in [2.05, 4.69) is 43.6 Å². The molecule has 1 N–H and O–H groups in total. The molecule has 2 rings (SSSR count). The van der Waals surface area contributed by atoms with Crippen molar-refractivity contribution in [2.45, 2.75) is 38.6 Å². The standard InChI is InChI=1S/C13H20N2S2/c1-10-6-8-17-12(15-10)14-9-13(2,3)11-5-4-7-16-11/h4-5,7,10H,6,8-9H2,1-3H3,(H,14,15). The van der Waals surface area contributed by atoms with Crippen molar-refractivity contribution >= 4 is 28.3 Å². The highest BCUT2D eigenvalue weighted by Crippen LogP contribution is 2.28. The van der Waals surface area contributed by atoms with E-state index in [-0.39, 0.29) is 5.41 Å². The zero-order valence-corrected chi connectivity index (χ0v) is 12.3. The molecule has 4 heteroatoms. The van der Waals surface area contributed by atoms with Gasteiger partial charge < -0.3 is 5.32 Å². The van der Waals surface area contributed by atoms with Gasteiger partial charge in [-0.3, -0.25) is 4.99 Å². The van der Waals surface area contributed by atoms with Crippen LogP contribution in [0.1, 0.15) is 32.1 Å². The summed E-state index contributed by atoms with van der Waals surface area (Å²) in [5.74, 6) is 1.19. The van der Waals surface area contributed by atoms with Gasteiger partial charge in [-0.1, -0.05) is 31.7 Å². The van der Waals surface area contributed by atoms with E-state index >= 15 is 0 Å². The van der Waals surface area contributed by atoms with E-state index in [1.165, 1.54) is 17.1 Å². The predicted octanol–water partition coefficient (Wildman–Crippen LogP) is 3.50. The molecule has 1 saturated heterocycles. The molecule has 1 aromatic rings. The predicted molar refractivity (Wildman–Crippen MR) is 79.3 cm³/mol. The Morgan fingerprint density at radius 1 is 1.53 bits per heavy atom. The Morgan fingerprint density at radius 2 is 2.35 bits per heavy atom. The first-order valence-corrected chi connectivity index (χ1v) is 7.92. The lowest BCUT2D eigenvalue weighted by atomic mass is 9.92. The summed E-state index contributed by atoms with van der Waals surface area (Å²) in [6.07, 6.45) is 1.23. The molecule has 2 nitrogen and oxygen atoms in total. The molecular formula is C13H20N2S2. The van der Waals surface area contributed by atoms with Crippen LogP contribution in [0.15, 0.2) is 22.5 Å². The first-order valence-electron chi connectivity index (χ1n) is 6.06. The number of aliphatic imine (C=N–C) groups is 1. The van der Waals surface area contributed by atoms with Gasteiger partial charge in [-0.25, -0.2) is 0 Å². The van der Waals surface area contributed by atoms with Gasteiger partial charge in [0.25, 0.3) is 0 Å². The fourth-order valence-electron chi connectivity index (χ4n) is 1.76. The minimum Gasteiger partial charge on any atom is -0.362 e. The highest BCUT2D eigenvalue weighted by molar-refractivity contribution is 8.13. The van der Waals surface area contributed by atoms with E-state index in [4.69, 9.17) is 4.99 Å². The first-order chi connectivity index (χ1) is 8.08. The van der Waals surface area contributed by atoms with Crippen LogP contribution in [-0.2, 0) is 5.41 Å². The second-order valence-corrected chi connectivity index (χ2v) is 7.20. The van der Waals surface area contributed by atoms with Gasteiger partial charge in [0.2, 0.25) is 0 Å². The maximum Gasteiger partial charge on any atom is 0.156 e. The fraction of sp³-hybridized carbons (Fsp3) is 0.615. The molecule has 1 aromatic heterocycles. The third-order valence-corrected chi connectivity index (χ3v) is 5.16. The van der Waals surface area contributed by atoms with Crippen molar-refractivity contribution in [3.63, 3.8) is 0 Å². The number of nitrogens with one attached hydrogen (secondary N) is 1. The number of nitrogens with zero attached hydrogens (tertiary/aromatic N) is 1. The third kappa shape index (κ3) is 3.49. The average Bonchev–Trinajstić information content (AvgIpc) is 2.81. The molecule has 1 unspecified atom stereocenters. The van der Waals surface area contributed by atoms with Crippen LogP contribution in [0, 0.1) is 0 Å². The third-order valence-electron chi connectivity index (χ3n) is 2.97. The van der Waals surface area contributed by atoms with Crippen molar-refractivity contribution in [3.8, 4) is 0 Å². The Hall–Kier alpha value is -0.480. The summed E-state index contributed by atoms with van der Waals surface area (Å²) in [7, 11) is 0. The summed E-state index contributed by atoms with van der Waals surface area (Å²) in [4.78, 5) is 6.15. The Bertz CT molecular complexity index is 382. The summed E-state index contributed by atoms with van der Waals surface area (Å²) in [6.45, 7) is 7.61. The van der Waals surface area contributed by atoms with Gasteiger partial charge >= 0.3 is 0 Å². The van der Waals surface area contributed by atoms with Gasteiger partial charge in [0.1, 0.15) is 0 Å². The van der Waals surface area contributed by atoms with Crippen LogP contribution < -0.4 is 5.32 Å². The molecule has 1 fully saturated rings. The highest BCUT2D eigenvalue weighted by Gasteiger charge is 2.22. The second kappa shape index (κ2) is 5.44. The van der Waals surface area contributed by atoms with Crippen LogP contribution in [0.4, 0.5) is 0 Å². The Morgan fingerprint density at radius 3 is 3.00 bits per heavy atom. The quantitative estimate of drug-likeness (QED) is 0.907. The fourth-order valence-corrected chi connectivity index (χ4v) is 3.71. The largest absolute Gasteiger partial charge is 0.362 e. The number of thioether (sulfide) groups is 1. The molecule has 0 bridgehead atoms. The summed E-state index contributed by atoms with van der Waals surface area (Å²) >= 11 is 3.67. The van der Waals surface area contributed by atoms with Gasteiger partial charge in [-0.15, -0.1) is 11.3 Å². The highest BCUT2D eigenvalue weighted by atomic mass is 32.2. The smallest absolute Gasteiger partial charge is 0.156 e. The zero-order valence-electron chi connectivity index (χ0n) is 10.7. The summed E-state index contributed by atoms with van der Waals surface area (Å²) in [5.41, 5.74) is 0.143. The van der Waals surface area contributed by atoms with E-state index in [0.29, 0.717) is 6.04 Å². The van der Waals surface area contributed by atoms with Crippen LogP contribution in [0.3, 0.4) is 0 Å². The van der Waals surface area contributed by atoms with Gasteiger partial charge in [0, 0.05) is 22.1 Å². The van der Waals surface area contributed by atoms with Gasteiger partial charge in [0.05, 0.1) is 6.54 Å². The number of hydrogen-bond acceptors (Lipinski definition) is 3. The van der Waals surface area contributed by atoms with E-state index in [1.54, 1.807) is 0 Å². The lowest BCUT2D eigenvalue weighted by molar-refractivity contribution is 0.548. The SMILES string of the molecule is CC1CCSC(=NCC(C)(C)c2cccs2)N1. The monoisotopic (exact) mass is 268 g/mol. The van der Waals surface area contributed by atoms with Crippen LogP contribution >= 0.6 is 23.1 Å². The lowest BCUT2D eigenvalue weighted by Crippen LogP contribution is -2.36. The minimum absolute atomic E-state index is 0.143. The molecular weight excluding hydrogens is 248 g/mol. The van der Waals surface area contributed by atoms with Crippen LogP contribution in [-0.4, -0.2) is 23.5 Å². The maximum absolute atomic E-state index is 4.74. The Kier molecular flexibility index (Phi) is 4.15.